The van der Waals surface area contributed by atoms with Crippen LogP contribution < -0.4 is 5.43 Å². The van der Waals surface area contributed by atoms with Gasteiger partial charge in [-0.25, -0.2) is 0 Å². The molecule has 1 aromatic carbocycles. The Kier molecular flexibility index (Phi) is 5.98. The van der Waals surface area contributed by atoms with Crippen molar-refractivity contribution in [2.24, 2.45) is 0 Å². The molecule has 0 saturated carbocycles. The Bertz CT molecular complexity index is 400. The molecule has 0 bridgehead atoms. The number of aryl methyl sites for hydroxylation is 1. The molecule has 0 aromatic heterocycles. The minimum Gasteiger partial charge on any atom is -0.316 e. The van der Waals surface area contributed by atoms with E-state index in [0.29, 0.717) is 12.5 Å². The van der Waals surface area contributed by atoms with Crippen molar-refractivity contribution in [2.45, 2.75) is 38.1 Å². The molecule has 1 unspecified atom stereocenters. The number of aldehydes is 1. The van der Waals surface area contributed by atoms with Crippen LogP contribution in [0.3, 0.4) is 0 Å². The Morgan fingerprint density at radius 1 is 1.26 bits per heavy atom. The molecule has 4 heteroatoms. The van der Waals surface area contributed by atoms with Crippen molar-refractivity contribution in [2.75, 3.05) is 0 Å². The summed E-state index contributed by atoms with van der Waals surface area (Å²) in [6.45, 7) is 0. The third-order valence-corrected chi connectivity index (χ3v) is 4.13. The van der Waals surface area contributed by atoms with E-state index in [-0.39, 0.29) is 0 Å². The fraction of sp³-hybridized carbons (Fsp3) is 0.400. The molecular formula is C15H20N2OS. The van der Waals surface area contributed by atoms with Gasteiger partial charge in [-0.15, -0.1) is 0 Å². The van der Waals surface area contributed by atoms with Crippen molar-refractivity contribution >= 4 is 18.2 Å². The normalized spacial score (nSPS) is 16.2. The molecule has 0 aliphatic carbocycles. The number of hydrogen-bond acceptors (Lipinski definition) is 4. The zero-order valence-electron chi connectivity index (χ0n) is 11.0. The van der Waals surface area contributed by atoms with Crippen molar-refractivity contribution in [3.05, 3.63) is 47.5 Å². The Balaban J connectivity index is 1.77. The standard InChI is InChI=1S/C15H20N2OS/c18-12-5-10-15(17-16-11-13-19-17)9-4-8-14-6-2-1-3-7-14/h1-3,6-7,11-13,15-16H,4-5,8-10H2. The van der Waals surface area contributed by atoms with Gasteiger partial charge in [0.05, 0.1) is 0 Å². The number of carbonyl (C=O) groups excluding carboxylic acids is 1. The highest BCUT2D eigenvalue weighted by Crippen LogP contribution is 2.23. The van der Waals surface area contributed by atoms with Crippen LogP contribution >= 0.6 is 11.9 Å². The summed E-state index contributed by atoms with van der Waals surface area (Å²) in [5.41, 5.74) is 4.60. The second-order valence-corrected chi connectivity index (χ2v) is 5.52. The molecule has 0 spiro atoms. The highest BCUT2D eigenvalue weighted by atomic mass is 32.2. The van der Waals surface area contributed by atoms with Crippen molar-refractivity contribution in [3.8, 4) is 0 Å². The number of hydrazine groups is 1. The molecule has 2 rings (SSSR count). The van der Waals surface area contributed by atoms with Crippen molar-refractivity contribution < 1.29 is 4.79 Å². The molecule has 0 saturated heterocycles. The van der Waals surface area contributed by atoms with Crippen molar-refractivity contribution in [1.82, 2.24) is 9.84 Å². The van der Waals surface area contributed by atoms with Gasteiger partial charge in [-0.2, -0.15) is 4.41 Å². The van der Waals surface area contributed by atoms with E-state index in [4.69, 9.17) is 0 Å². The van der Waals surface area contributed by atoms with E-state index in [1.165, 1.54) is 5.56 Å². The summed E-state index contributed by atoms with van der Waals surface area (Å²) in [7, 11) is 0. The Morgan fingerprint density at radius 3 is 2.79 bits per heavy atom. The number of nitrogens with one attached hydrogen (secondary N) is 1. The molecule has 3 nitrogen and oxygen atoms in total. The molecule has 0 fully saturated rings. The number of rotatable bonds is 8. The van der Waals surface area contributed by atoms with Crippen LogP contribution in [0.15, 0.2) is 41.9 Å². The van der Waals surface area contributed by atoms with Gasteiger partial charge in [0.2, 0.25) is 0 Å². The van der Waals surface area contributed by atoms with Gasteiger partial charge >= 0.3 is 0 Å². The summed E-state index contributed by atoms with van der Waals surface area (Å²) in [6, 6.07) is 11.0. The molecule has 0 amide bonds. The van der Waals surface area contributed by atoms with Crippen LogP contribution in [0.2, 0.25) is 0 Å². The van der Waals surface area contributed by atoms with Crippen LogP contribution in [0.4, 0.5) is 0 Å². The average molecular weight is 276 g/mol. The van der Waals surface area contributed by atoms with Gasteiger partial charge in [0.25, 0.3) is 0 Å². The van der Waals surface area contributed by atoms with E-state index in [1.807, 2.05) is 17.7 Å². The smallest absolute Gasteiger partial charge is 0.120 e. The first-order valence-electron chi connectivity index (χ1n) is 6.75. The molecule has 1 N–H and O–H groups in total. The lowest BCUT2D eigenvalue weighted by atomic mass is 10.0. The molecule has 0 radical (unpaired) electrons. The molecule has 19 heavy (non-hydrogen) atoms. The first kappa shape index (κ1) is 14.2. The highest BCUT2D eigenvalue weighted by molar-refractivity contribution is 8.00. The maximum absolute atomic E-state index is 10.6. The van der Waals surface area contributed by atoms with E-state index in [2.05, 4.69) is 34.1 Å². The maximum Gasteiger partial charge on any atom is 0.120 e. The summed E-state index contributed by atoms with van der Waals surface area (Å²) in [6.07, 6.45) is 7.85. The van der Waals surface area contributed by atoms with Gasteiger partial charge in [0, 0.05) is 24.1 Å². The van der Waals surface area contributed by atoms with E-state index in [9.17, 15) is 4.79 Å². The zero-order chi connectivity index (χ0) is 13.3. The number of hydrogen-bond donors (Lipinski definition) is 1. The maximum atomic E-state index is 10.6. The van der Waals surface area contributed by atoms with E-state index < -0.39 is 0 Å². The van der Waals surface area contributed by atoms with Gasteiger partial charge in [-0.1, -0.05) is 30.3 Å². The number of carbonyl (C=O) groups is 1. The summed E-state index contributed by atoms with van der Waals surface area (Å²) >= 11 is 1.67. The minimum atomic E-state index is 0.411. The lowest BCUT2D eigenvalue weighted by Crippen LogP contribution is -2.35. The summed E-state index contributed by atoms with van der Waals surface area (Å²) in [4.78, 5) is 10.6. The van der Waals surface area contributed by atoms with Crippen LogP contribution in [-0.2, 0) is 11.2 Å². The fourth-order valence-corrected chi connectivity index (χ4v) is 3.01. The van der Waals surface area contributed by atoms with Gasteiger partial charge < -0.3 is 10.2 Å². The molecule has 1 heterocycles. The predicted octanol–water partition coefficient (Wildman–Crippen LogP) is 3.30. The van der Waals surface area contributed by atoms with Gasteiger partial charge in [0.1, 0.15) is 6.29 Å². The summed E-state index contributed by atoms with van der Waals surface area (Å²) in [5, 5.41) is 2.03. The Labute approximate surface area is 119 Å². The third-order valence-electron chi connectivity index (χ3n) is 3.24. The van der Waals surface area contributed by atoms with Gasteiger partial charge in [-0.05, 0) is 43.2 Å². The second kappa shape index (κ2) is 8.02. The zero-order valence-corrected chi connectivity index (χ0v) is 11.8. The first-order valence-corrected chi connectivity index (χ1v) is 7.58. The molecule has 1 aliphatic rings. The number of nitrogens with zero attached hydrogens (tertiary/aromatic N) is 1. The summed E-state index contributed by atoms with van der Waals surface area (Å²) in [5.74, 6) is 0. The van der Waals surface area contributed by atoms with Crippen LogP contribution in [0.5, 0.6) is 0 Å². The third kappa shape index (κ3) is 4.73. The second-order valence-electron chi connectivity index (χ2n) is 4.64. The number of benzene rings is 1. The van der Waals surface area contributed by atoms with E-state index in [0.717, 1.165) is 32.0 Å². The monoisotopic (exact) mass is 276 g/mol. The predicted molar refractivity (Wildman–Crippen MR) is 80.2 cm³/mol. The fourth-order valence-electron chi connectivity index (χ4n) is 2.25. The average Bonchev–Trinajstić information content (AvgIpc) is 2.98. The van der Waals surface area contributed by atoms with Crippen molar-refractivity contribution in [3.63, 3.8) is 0 Å². The topological polar surface area (TPSA) is 32.3 Å². The van der Waals surface area contributed by atoms with Gasteiger partial charge in [-0.3, -0.25) is 0 Å². The lowest BCUT2D eigenvalue weighted by molar-refractivity contribution is -0.108. The Morgan fingerprint density at radius 2 is 2.11 bits per heavy atom. The van der Waals surface area contributed by atoms with Crippen LogP contribution in [0.1, 0.15) is 31.2 Å². The minimum absolute atomic E-state index is 0.411. The molecule has 1 aliphatic heterocycles. The molecule has 102 valence electrons. The van der Waals surface area contributed by atoms with Crippen LogP contribution in [-0.4, -0.2) is 16.7 Å². The quantitative estimate of drug-likeness (QED) is 0.583. The van der Waals surface area contributed by atoms with Crippen LogP contribution in [0, 0.1) is 0 Å². The van der Waals surface area contributed by atoms with Crippen molar-refractivity contribution in [1.29, 1.82) is 0 Å². The van der Waals surface area contributed by atoms with Crippen LogP contribution in [0.25, 0.3) is 0 Å². The molecular weight excluding hydrogens is 256 g/mol. The molecule has 1 atom stereocenters. The van der Waals surface area contributed by atoms with Gasteiger partial charge in [0.15, 0.2) is 0 Å². The highest BCUT2D eigenvalue weighted by Gasteiger charge is 2.19. The van der Waals surface area contributed by atoms with E-state index in [1.54, 1.807) is 11.9 Å². The Hall–Kier alpha value is -1.26. The summed E-state index contributed by atoms with van der Waals surface area (Å²) < 4.78 is 2.15. The largest absolute Gasteiger partial charge is 0.316 e. The van der Waals surface area contributed by atoms with E-state index >= 15 is 0 Å². The molecule has 1 aromatic rings. The SMILES string of the molecule is O=CCCC(CCCc1ccccc1)N1NC=CS1. The first-order chi connectivity index (χ1) is 9.40. The lowest BCUT2D eigenvalue weighted by Gasteiger charge is -2.25.